The molecule has 0 aliphatic carbocycles. The first-order valence-corrected chi connectivity index (χ1v) is 4.88. The molecule has 2 aromatic heterocycles. The number of aliphatic hydroxyl groups excluding tert-OH is 1. The molecule has 0 unspecified atom stereocenters. The molecule has 6 heteroatoms. The standard InChI is InChI=1S/C8H10N2O3S/c9-7-4-6-5(3-8(12)14-6)10(7)13-2-1-11/h3-4,11-12H,1-2,9H2. The molecule has 0 bridgehead atoms. The monoisotopic (exact) mass is 214 g/mol. The second-order valence-corrected chi connectivity index (χ2v) is 3.82. The average molecular weight is 214 g/mol. The van der Waals surface area contributed by atoms with Gasteiger partial charge in [-0.25, -0.2) is 0 Å². The van der Waals surface area contributed by atoms with Crippen LogP contribution in [0, 0.1) is 0 Å². The van der Waals surface area contributed by atoms with E-state index in [1.807, 2.05) is 0 Å². The number of hydrogen-bond donors (Lipinski definition) is 3. The minimum Gasteiger partial charge on any atom is -0.499 e. The third-order valence-corrected chi connectivity index (χ3v) is 2.65. The Labute approximate surface area is 83.9 Å². The van der Waals surface area contributed by atoms with Crippen LogP contribution in [0.2, 0.25) is 0 Å². The van der Waals surface area contributed by atoms with E-state index in [9.17, 15) is 5.11 Å². The van der Waals surface area contributed by atoms with Gasteiger partial charge in [-0.15, -0.1) is 0 Å². The summed E-state index contributed by atoms with van der Waals surface area (Å²) in [6.45, 7) is 0.0970. The summed E-state index contributed by atoms with van der Waals surface area (Å²) >= 11 is 1.23. The molecule has 2 heterocycles. The Kier molecular flexibility index (Phi) is 2.22. The number of aliphatic hydroxyl groups is 1. The molecule has 14 heavy (non-hydrogen) atoms. The van der Waals surface area contributed by atoms with Gasteiger partial charge in [0.1, 0.15) is 17.9 Å². The zero-order chi connectivity index (χ0) is 10.1. The molecular weight excluding hydrogens is 204 g/mol. The number of nitrogens with two attached hydrogens (primary N) is 1. The van der Waals surface area contributed by atoms with Gasteiger partial charge in [-0.3, -0.25) is 0 Å². The van der Waals surface area contributed by atoms with Crippen LogP contribution in [0.1, 0.15) is 0 Å². The van der Waals surface area contributed by atoms with Gasteiger partial charge >= 0.3 is 0 Å². The fourth-order valence-corrected chi connectivity index (χ4v) is 2.07. The molecule has 0 saturated heterocycles. The second-order valence-electron chi connectivity index (χ2n) is 2.75. The Morgan fingerprint density at radius 1 is 1.50 bits per heavy atom. The first-order chi connectivity index (χ1) is 6.72. The topological polar surface area (TPSA) is 80.6 Å². The van der Waals surface area contributed by atoms with Crippen LogP contribution in [0.25, 0.3) is 10.2 Å². The molecule has 0 atom stereocenters. The Balaban J connectivity index is 2.43. The van der Waals surface area contributed by atoms with Crippen molar-refractivity contribution in [1.82, 2.24) is 4.73 Å². The fourth-order valence-electron chi connectivity index (χ4n) is 1.25. The highest BCUT2D eigenvalue weighted by molar-refractivity contribution is 7.20. The maximum Gasteiger partial charge on any atom is 0.173 e. The van der Waals surface area contributed by atoms with E-state index in [4.69, 9.17) is 15.7 Å². The Hall–Kier alpha value is -1.40. The first-order valence-electron chi connectivity index (χ1n) is 4.06. The Morgan fingerprint density at radius 2 is 2.29 bits per heavy atom. The molecule has 2 aromatic rings. The summed E-state index contributed by atoms with van der Waals surface area (Å²) in [6, 6.07) is 3.30. The van der Waals surface area contributed by atoms with Crippen molar-refractivity contribution in [2.45, 2.75) is 0 Å². The number of nitrogen functional groups attached to an aromatic ring is 1. The van der Waals surface area contributed by atoms with E-state index in [1.54, 1.807) is 12.1 Å². The van der Waals surface area contributed by atoms with Crippen LogP contribution in [0.15, 0.2) is 12.1 Å². The number of anilines is 1. The van der Waals surface area contributed by atoms with E-state index in [1.165, 1.54) is 16.1 Å². The van der Waals surface area contributed by atoms with E-state index in [-0.39, 0.29) is 18.3 Å². The maximum absolute atomic E-state index is 9.25. The van der Waals surface area contributed by atoms with Crippen molar-refractivity contribution in [1.29, 1.82) is 0 Å². The van der Waals surface area contributed by atoms with Crippen molar-refractivity contribution >= 4 is 27.4 Å². The van der Waals surface area contributed by atoms with Gasteiger partial charge in [-0.2, -0.15) is 4.73 Å². The average Bonchev–Trinajstić information content (AvgIpc) is 2.58. The fraction of sp³-hybridized carbons (Fsp3) is 0.250. The van der Waals surface area contributed by atoms with Crippen LogP contribution in [0.3, 0.4) is 0 Å². The summed E-state index contributed by atoms with van der Waals surface area (Å²) in [4.78, 5) is 5.19. The van der Waals surface area contributed by atoms with Crippen LogP contribution in [-0.4, -0.2) is 28.2 Å². The Bertz CT molecular complexity index is 449. The van der Waals surface area contributed by atoms with Crippen molar-refractivity contribution in [3.8, 4) is 5.06 Å². The van der Waals surface area contributed by atoms with Crippen molar-refractivity contribution in [2.24, 2.45) is 0 Å². The number of aromatic nitrogens is 1. The number of thiophene rings is 1. The second kappa shape index (κ2) is 3.39. The molecule has 0 fully saturated rings. The van der Waals surface area contributed by atoms with Crippen molar-refractivity contribution in [3.63, 3.8) is 0 Å². The molecular formula is C8H10N2O3S. The molecule has 2 rings (SSSR count). The summed E-state index contributed by atoms with van der Waals surface area (Å²) in [5, 5.41) is 18.1. The van der Waals surface area contributed by atoms with Gasteiger partial charge in [-0.05, 0) is 0 Å². The predicted molar refractivity (Wildman–Crippen MR) is 54.4 cm³/mol. The van der Waals surface area contributed by atoms with Crippen LogP contribution in [0.4, 0.5) is 5.82 Å². The van der Waals surface area contributed by atoms with Gasteiger partial charge in [0, 0.05) is 12.1 Å². The lowest BCUT2D eigenvalue weighted by Crippen LogP contribution is -2.16. The van der Waals surface area contributed by atoms with Crippen molar-refractivity contribution in [3.05, 3.63) is 12.1 Å². The number of fused-ring (bicyclic) bond motifs is 1. The number of aromatic hydroxyl groups is 1. The largest absolute Gasteiger partial charge is 0.499 e. The van der Waals surface area contributed by atoms with Crippen molar-refractivity contribution < 1.29 is 15.1 Å². The summed E-state index contributed by atoms with van der Waals surface area (Å²) in [6.07, 6.45) is 0. The summed E-state index contributed by atoms with van der Waals surface area (Å²) in [7, 11) is 0. The summed E-state index contributed by atoms with van der Waals surface area (Å²) in [5.74, 6) is 0.458. The van der Waals surface area contributed by atoms with Crippen LogP contribution < -0.4 is 10.6 Å². The molecule has 5 nitrogen and oxygen atoms in total. The predicted octanol–water partition coefficient (Wildman–Crippen LogP) is 0.412. The smallest absolute Gasteiger partial charge is 0.173 e. The van der Waals surface area contributed by atoms with E-state index < -0.39 is 0 Å². The van der Waals surface area contributed by atoms with Crippen LogP contribution in [-0.2, 0) is 0 Å². The number of hydrogen-bond acceptors (Lipinski definition) is 5. The highest BCUT2D eigenvalue weighted by Crippen LogP contribution is 2.33. The zero-order valence-electron chi connectivity index (χ0n) is 7.30. The maximum atomic E-state index is 9.25. The highest BCUT2D eigenvalue weighted by Gasteiger charge is 2.10. The molecule has 0 spiro atoms. The lowest BCUT2D eigenvalue weighted by molar-refractivity contribution is 0.0867. The van der Waals surface area contributed by atoms with E-state index in [0.29, 0.717) is 5.82 Å². The van der Waals surface area contributed by atoms with Gasteiger partial charge in [0.15, 0.2) is 5.06 Å². The van der Waals surface area contributed by atoms with E-state index >= 15 is 0 Å². The SMILES string of the molecule is Nc1cc2sc(O)cc2n1OCCO. The third-order valence-electron chi connectivity index (χ3n) is 1.77. The zero-order valence-corrected chi connectivity index (χ0v) is 8.12. The van der Waals surface area contributed by atoms with Gasteiger partial charge < -0.3 is 20.8 Å². The third kappa shape index (κ3) is 1.38. The van der Waals surface area contributed by atoms with E-state index in [2.05, 4.69) is 0 Å². The van der Waals surface area contributed by atoms with Gasteiger partial charge in [0.2, 0.25) is 0 Å². The van der Waals surface area contributed by atoms with Crippen molar-refractivity contribution in [2.75, 3.05) is 18.9 Å². The quantitative estimate of drug-likeness (QED) is 0.691. The lowest BCUT2D eigenvalue weighted by atomic mass is 10.5. The molecule has 0 aromatic carbocycles. The number of nitrogens with zero attached hydrogens (tertiary/aromatic N) is 1. The lowest BCUT2D eigenvalue weighted by Gasteiger charge is -2.07. The molecule has 0 aliphatic heterocycles. The normalized spacial score (nSPS) is 10.9. The number of rotatable bonds is 3. The molecule has 0 amide bonds. The van der Waals surface area contributed by atoms with Crippen LogP contribution >= 0.6 is 11.3 Å². The van der Waals surface area contributed by atoms with Gasteiger partial charge in [0.05, 0.1) is 11.3 Å². The van der Waals surface area contributed by atoms with Gasteiger partial charge in [0.25, 0.3) is 0 Å². The highest BCUT2D eigenvalue weighted by atomic mass is 32.1. The molecule has 4 N–H and O–H groups in total. The minimum atomic E-state index is -0.0742. The molecule has 0 aliphatic rings. The first kappa shape index (κ1) is 9.17. The molecule has 76 valence electrons. The summed E-state index contributed by atoms with van der Waals surface area (Å²) < 4.78 is 2.26. The molecule has 0 saturated carbocycles. The van der Waals surface area contributed by atoms with Gasteiger partial charge in [-0.1, -0.05) is 11.3 Å². The van der Waals surface area contributed by atoms with E-state index in [0.717, 1.165) is 10.2 Å². The minimum absolute atomic E-state index is 0.0742. The van der Waals surface area contributed by atoms with Crippen LogP contribution in [0.5, 0.6) is 5.06 Å². The summed E-state index contributed by atoms with van der Waals surface area (Å²) in [5.41, 5.74) is 6.39. The Morgan fingerprint density at radius 3 is 3.00 bits per heavy atom. The molecule has 0 radical (unpaired) electrons.